The van der Waals surface area contributed by atoms with Crippen molar-refractivity contribution in [3.05, 3.63) is 94.7 Å². The molecule has 2 saturated heterocycles. The molecule has 2 amide bonds. The minimum Gasteiger partial charge on any atom is -0.490 e. The predicted molar refractivity (Wildman–Crippen MR) is 248 cm³/mol. The second-order valence-electron chi connectivity index (χ2n) is 18.0. The van der Waals surface area contributed by atoms with Gasteiger partial charge in [0.2, 0.25) is 5.91 Å². The summed E-state index contributed by atoms with van der Waals surface area (Å²) in [6.45, 7) is 6.88. The minimum atomic E-state index is -0.216. The standard InChI is InChI=1S/C49H53ClN12O4/c1-31(63)60-21-16-45-41(30-60)47(58-62(45)36-17-23-65-24-18-36)39-3-2-4-43-40(39)28-52-48(55-43)34-27-53-61(29-34)22-15-32-13-19-59(20-14-32)46-12-11-44(56-57-46)49(64)54-35-6-9-37(10-7-35)66-38-8-5-33(26-51)42(50)25-38/h2-5,8,11-12,25,27-29,32,35-37H,6-7,9-10,13-24,30H2,1H3,(H,54,64). The maximum atomic E-state index is 13.1. The molecule has 0 unspecified atom stereocenters. The number of nitrogens with zero attached hydrogens (tertiary/aromatic N) is 11. The monoisotopic (exact) mass is 908 g/mol. The first-order chi connectivity index (χ1) is 32.3. The smallest absolute Gasteiger partial charge is 0.272 e. The van der Waals surface area contributed by atoms with E-state index in [9.17, 15) is 9.59 Å². The lowest BCUT2D eigenvalue weighted by molar-refractivity contribution is -0.129. The third kappa shape index (κ3) is 9.32. The van der Waals surface area contributed by atoms with Crippen molar-refractivity contribution in [3.8, 4) is 34.5 Å². The van der Waals surface area contributed by atoms with Crippen LogP contribution in [0.2, 0.25) is 5.02 Å². The number of aryl methyl sites for hydroxylation is 1. The summed E-state index contributed by atoms with van der Waals surface area (Å²) in [5, 5.41) is 32.2. The van der Waals surface area contributed by atoms with Gasteiger partial charge in [0.25, 0.3) is 5.91 Å². The Balaban J connectivity index is 0.709. The van der Waals surface area contributed by atoms with Crippen LogP contribution in [0.1, 0.15) is 98.1 Å². The molecule has 3 aliphatic heterocycles. The zero-order valence-electron chi connectivity index (χ0n) is 37.1. The maximum Gasteiger partial charge on any atom is 0.272 e. The second kappa shape index (κ2) is 19.2. The molecule has 16 nitrogen and oxygen atoms in total. The van der Waals surface area contributed by atoms with Gasteiger partial charge in [0.05, 0.1) is 45.7 Å². The molecular formula is C49H53ClN12O4. The number of nitrogens with one attached hydrogen (secondary N) is 1. The number of amides is 2. The van der Waals surface area contributed by atoms with Gasteiger partial charge in [-0.1, -0.05) is 23.7 Å². The Bertz CT molecular complexity index is 2760. The van der Waals surface area contributed by atoms with Crippen LogP contribution >= 0.6 is 11.6 Å². The van der Waals surface area contributed by atoms with Crippen LogP contribution in [0.3, 0.4) is 0 Å². The van der Waals surface area contributed by atoms with Gasteiger partial charge in [0.15, 0.2) is 17.3 Å². The molecule has 3 fully saturated rings. The molecule has 10 rings (SSSR count). The molecule has 2 aromatic carbocycles. The number of rotatable bonds is 11. The topological polar surface area (TPSA) is 182 Å². The number of nitriles is 1. The molecule has 6 aromatic rings. The first-order valence-corrected chi connectivity index (χ1v) is 23.6. The van der Waals surface area contributed by atoms with Crippen molar-refractivity contribution < 1.29 is 19.1 Å². The number of fused-ring (bicyclic) bond motifs is 2. The third-order valence-corrected chi connectivity index (χ3v) is 14.1. The highest BCUT2D eigenvalue weighted by molar-refractivity contribution is 6.31. The first kappa shape index (κ1) is 43.5. The molecule has 4 aromatic heterocycles. The van der Waals surface area contributed by atoms with E-state index >= 15 is 0 Å². The lowest BCUT2D eigenvalue weighted by Crippen LogP contribution is -2.40. The second-order valence-corrected chi connectivity index (χ2v) is 18.4. The molecule has 7 heterocycles. The van der Waals surface area contributed by atoms with E-state index in [1.165, 1.54) is 5.69 Å². The van der Waals surface area contributed by atoms with Crippen LogP contribution < -0.4 is 15.0 Å². The predicted octanol–water partition coefficient (Wildman–Crippen LogP) is 7.35. The van der Waals surface area contributed by atoms with E-state index in [-0.39, 0.29) is 30.0 Å². The van der Waals surface area contributed by atoms with E-state index in [1.807, 2.05) is 46.4 Å². The van der Waals surface area contributed by atoms with Crippen LogP contribution in [-0.4, -0.2) is 101 Å². The average Bonchev–Trinajstić information content (AvgIpc) is 3.99. The number of anilines is 1. The molecule has 0 radical (unpaired) electrons. The van der Waals surface area contributed by atoms with Crippen LogP contribution in [0.4, 0.5) is 5.82 Å². The number of hydrogen-bond acceptors (Lipinski definition) is 12. The maximum absolute atomic E-state index is 13.1. The summed E-state index contributed by atoms with van der Waals surface area (Å²) in [6, 6.07) is 17.3. The Morgan fingerprint density at radius 3 is 2.56 bits per heavy atom. The van der Waals surface area contributed by atoms with Gasteiger partial charge in [-0.2, -0.15) is 15.5 Å². The van der Waals surface area contributed by atoms with E-state index < -0.39 is 0 Å². The van der Waals surface area contributed by atoms with E-state index in [0.29, 0.717) is 46.9 Å². The lowest BCUT2D eigenvalue weighted by Gasteiger charge is -2.32. The Labute approximate surface area is 388 Å². The third-order valence-electron chi connectivity index (χ3n) is 13.8. The van der Waals surface area contributed by atoms with E-state index in [4.69, 9.17) is 46.5 Å². The number of aromatic nitrogens is 8. The number of halogens is 1. The fourth-order valence-corrected chi connectivity index (χ4v) is 10.2. The summed E-state index contributed by atoms with van der Waals surface area (Å²) in [5.41, 5.74) is 6.65. The van der Waals surface area contributed by atoms with Crippen molar-refractivity contribution in [1.29, 1.82) is 5.26 Å². The molecule has 17 heteroatoms. The van der Waals surface area contributed by atoms with Crippen LogP contribution in [0.15, 0.2) is 67.1 Å². The summed E-state index contributed by atoms with van der Waals surface area (Å²) < 4.78 is 16.0. The van der Waals surface area contributed by atoms with E-state index in [1.54, 1.807) is 31.2 Å². The Morgan fingerprint density at radius 2 is 1.80 bits per heavy atom. The molecule has 0 atom stereocenters. The Kier molecular flexibility index (Phi) is 12.6. The Hall–Kier alpha value is -6.44. The fraction of sp³-hybridized carbons (Fsp3) is 0.449. The highest BCUT2D eigenvalue weighted by Gasteiger charge is 2.31. The highest BCUT2D eigenvalue weighted by atomic mass is 35.5. The molecule has 1 N–H and O–H groups in total. The molecule has 4 aliphatic rings. The largest absolute Gasteiger partial charge is 0.490 e. The Morgan fingerprint density at radius 1 is 0.970 bits per heavy atom. The highest BCUT2D eigenvalue weighted by Crippen LogP contribution is 2.37. The van der Waals surface area contributed by atoms with E-state index in [2.05, 4.69) is 37.2 Å². The molecule has 0 bridgehead atoms. The molecule has 340 valence electrons. The quantitative estimate of drug-likeness (QED) is 0.137. The van der Waals surface area contributed by atoms with Gasteiger partial charge in [0, 0.05) is 106 Å². The number of carbonyl (C=O) groups excluding carboxylic acids is 2. The molecule has 66 heavy (non-hydrogen) atoms. The molecule has 0 spiro atoms. The van der Waals surface area contributed by atoms with E-state index in [0.717, 1.165) is 136 Å². The molecule has 1 aliphatic carbocycles. The van der Waals surface area contributed by atoms with Crippen molar-refractivity contribution in [3.63, 3.8) is 0 Å². The van der Waals surface area contributed by atoms with Crippen LogP contribution in [0.25, 0.3) is 33.5 Å². The van der Waals surface area contributed by atoms with Crippen molar-refractivity contribution in [2.24, 2.45) is 5.92 Å². The van der Waals surface area contributed by atoms with Crippen LogP contribution in [0, 0.1) is 17.2 Å². The number of carbonyl (C=O) groups is 2. The van der Waals surface area contributed by atoms with Crippen molar-refractivity contribution in [1.82, 2.24) is 49.9 Å². The normalized spacial score (nSPS) is 19.3. The summed E-state index contributed by atoms with van der Waals surface area (Å²) in [4.78, 5) is 39.6. The summed E-state index contributed by atoms with van der Waals surface area (Å²) >= 11 is 6.17. The number of hydrogen-bond donors (Lipinski definition) is 1. The van der Waals surface area contributed by atoms with Gasteiger partial charge >= 0.3 is 0 Å². The zero-order chi connectivity index (χ0) is 45.1. The number of piperidine rings is 1. The van der Waals surface area contributed by atoms with Gasteiger partial charge < -0.3 is 24.6 Å². The summed E-state index contributed by atoms with van der Waals surface area (Å²) in [5.74, 6) is 2.47. The van der Waals surface area contributed by atoms with Crippen LogP contribution in [0.5, 0.6) is 5.75 Å². The first-order valence-electron chi connectivity index (χ1n) is 23.2. The van der Waals surface area contributed by atoms with Gasteiger partial charge in [-0.15, -0.1) is 10.2 Å². The molecular weight excluding hydrogens is 856 g/mol. The van der Waals surface area contributed by atoms with Crippen molar-refractivity contribution in [2.75, 3.05) is 37.7 Å². The van der Waals surface area contributed by atoms with Crippen LogP contribution in [-0.2, 0) is 29.0 Å². The SMILES string of the molecule is CC(=O)N1CCc2c(c(-c3cccc4nc(-c5cnn(CCC6CCN(c7ccc(C(=O)NC8CCC(Oc9ccc(C#N)c(Cl)c9)CC8)nn7)CC6)c5)ncc34)nn2C2CCOCC2)C1. The zero-order valence-corrected chi connectivity index (χ0v) is 37.9. The number of ether oxygens (including phenoxy) is 2. The lowest BCUT2D eigenvalue weighted by atomic mass is 9.92. The van der Waals surface area contributed by atoms with Crippen molar-refractivity contribution >= 4 is 40.1 Å². The summed E-state index contributed by atoms with van der Waals surface area (Å²) in [7, 11) is 0. The van der Waals surface area contributed by atoms with Crippen molar-refractivity contribution in [2.45, 2.75) is 102 Å². The average molecular weight is 909 g/mol. The molecule has 1 saturated carbocycles. The van der Waals surface area contributed by atoms with Gasteiger partial charge in [-0.25, -0.2) is 9.97 Å². The number of benzene rings is 2. The van der Waals surface area contributed by atoms with Gasteiger partial charge in [-0.05, 0) is 94.0 Å². The van der Waals surface area contributed by atoms with Gasteiger partial charge in [-0.3, -0.25) is 19.0 Å². The fourth-order valence-electron chi connectivity index (χ4n) is 9.98. The summed E-state index contributed by atoms with van der Waals surface area (Å²) in [6.07, 6.45) is 14.7. The van der Waals surface area contributed by atoms with Gasteiger partial charge in [0.1, 0.15) is 11.8 Å². The minimum absolute atomic E-state index is 0.0254.